The van der Waals surface area contributed by atoms with Crippen molar-refractivity contribution in [3.8, 4) is 5.75 Å². The Hall–Kier alpha value is -2.44. The van der Waals surface area contributed by atoms with Crippen molar-refractivity contribution < 1.29 is 9.53 Å². The van der Waals surface area contributed by atoms with Crippen LogP contribution in [-0.4, -0.2) is 32.8 Å². The van der Waals surface area contributed by atoms with Crippen molar-refractivity contribution in [3.05, 3.63) is 29.3 Å². The zero-order chi connectivity index (χ0) is 17.3. The van der Waals surface area contributed by atoms with Gasteiger partial charge in [-0.1, -0.05) is 13.3 Å². The molecule has 7 heteroatoms. The topological polar surface area (TPSA) is 81.9 Å². The molecule has 0 saturated heterocycles. The molecule has 1 N–H and O–H groups in total. The van der Waals surface area contributed by atoms with Gasteiger partial charge in [-0.25, -0.2) is 9.67 Å². The second-order valence-electron chi connectivity index (χ2n) is 6.68. The number of hydrogen-bond acceptors (Lipinski definition) is 5. The molecule has 1 aliphatic rings. The lowest BCUT2D eigenvalue weighted by atomic mass is 9.70. The van der Waals surface area contributed by atoms with E-state index in [2.05, 4.69) is 20.4 Å². The van der Waals surface area contributed by atoms with E-state index in [1.807, 2.05) is 20.8 Å². The first kappa shape index (κ1) is 16.4. The SMILES string of the molecule is COc1c(C)cnc(Cn2cnc(NC(=O)C3(C)CCC3)n2)c1C. The molecule has 0 aromatic carbocycles. The molecule has 24 heavy (non-hydrogen) atoms. The molecule has 3 rings (SSSR count). The van der Waals surface area contributed by atoms with Crippen LogP contribution in [0.2, 0.25) is 0 Å². The van der Waals surface area contributed by atoms with Crippen LogP contribution in [0.15, 0.2) is 12.5 Å². The van der Waals surface area contributed by atoms with Gasteiger partial charge < -0.3 is 4.74 Å². The summed E-state index contributed by atoms with van der Waals surface area (Å²) in [4.78, 5) is 20.9. The zero-order valence-corrected chi connectivity index (χ0v) is 14.6. The Labute approximate surface area is 141 Å². The summed E-state index contributed by atoms with van der Waals surface area (Å²) in [6.45, 7) is 6.40. The van der Waals surface area contributed by atoms with Gasteiger partial charge in [-0.3, -0.25) is 15.1 Å². The van der Waals surface area contributed by atoms with Crippen LogP contribution in [0, 0.1) is 19.3 Å². The fourth-order valence-electron chi connectivity index (χ4n) is 3.00. The molecule has 0 atom stereocenters. The minimum atomic E-state index is -0.270. The van der Waals surface area contributed by atoms with Gasteiger partial charge in [-0.2, -0.15) is 0 Å². The minimum Gasteiger partial charge on any atom is -0.496 e. The summed E-state index contributed by atoms with van der Waals surface area (Å²) >= 11 is 0. The van der Waals surface area contributed by atoms with E-state index in [9.17, 15) is 4.79 Å². The lowest BCUT2D eigenvalue weighted by Gasteiger charge is -2.35. The lowest BCUT2D eigenvalue weighted by Crippen LogP contribution is -2.39. The van der Waals surface area contributed by atoms with Crippen LogP contribution < -0.4 is 10.1 Å². The first-order chi connectivity index (χ1) is 11.4. The van der Waals surface area contributed by atoms with Gasteiger partial charge in [0.05, 0.1) is 19.3 Å². The molecule has 2 aromatic rings. The van der Waals surface area contributed by atoms with Gasteiger partial charge in [0.25, 0.3) is 0 Å². The molecular formula is C17H23N5O2. The molecule has 1 amide bonds. The zero-order valence-electron chi connectivity index (χ0n) is 14.6. The molecule has 2 aromatic heterocycles. The van der Waals surface area contributed by atoms with Crippen molar-refractivity contribution in [3.63, 3.8) is 0 Å². The van der Waals surface area contributed by atoms with Crippen LogP contribution in [0.5, 0.6) is 5.75 Å². The quantitative estimate of drug-likeness (QED) is 0.911. The summed E-state index contributed by atoms with van der Waals surface area (Å²) in [7, 11) is 1.66. The molecule has 0 aliphatic heterocycles. The van der Waals surface area contributed by atoms with Crippen LogP contribution in [0.1, 0.15) is 43.0 Å². The van der Waals surface area contributed by atoms with Gasteiger partial charge in [0, 0.05) is 22.7 Å². The van der Waals surface area contributed by atoms with Crippen molar-refractivity contribution in [2.75, 3.05) is 12.4 Å². The van der Waals surface area contributed by atoms with Gasteiger partial charge in [-0.15, -0.1) is 5.10 Å². The Morgan fingerprint density at radius 1 is 1.38 bits per heavy atom. The van der Waals surface area contributed by atoms with Gasteiger partial charge in [0.15, 0.2) is 0 Å². The molecule has 1 aliphatic carbocycles. The summed E-state index contributed by atoms with van der Waals surface area (Å²) in [6.07, 6.45) is 6.34. The highest BCUT2D eigenvalue weighted by Crippen LogP contribution is 2.40. The predicted molar refractivity (Wildman–Crippen MR) is 90.0 cm³/mol. The van der Waals surface area contributed by atoms with E-state index >= 15 is 0 Å². The second-order valence-corrected chi connectivity index (χ2v) is 6.68. The Bertz CT molecular complexity index is 764. The Morgan fingerprint density at radius 2 is 2.12 bits per heavy atom. The van der Waals surface area contributed by atoms with Crippen LogP contribution in [0.4, 0.5) is 5.95 Å². The largest absolute Gasteiger partial charge is 0.496 e. The molecule has 2 heterocycles. The standard InChI is InChI=1S/C17H23N5O2/c1-11-8-18-13(12(2)14(11)24-4)9-22-10-19-16(21-22)20-15(23)17(3)6-5-7-17/h8,10H,5-7,9H2,1-4H3,(H,20,21,23). The van der Waals surface area contributed by atoms with Crippen molar-refractivity contribution in [2.45, 2.75) is 46.6 Å². The summed E-state index contributed by atoms with van der Waals surface area (Å²) in [5.41, 5.74) is 2.58. The van der Waals surface area contributed by atoms with Crippen LogP contribution >= 0.6 is 0 Å². The van der Waals surface area contributed by atoms with Gasteiger partial charge in [0.2, 0.25) is 11.9 Å². The number of ether oxygens (including phenoxy) is 1. The Kier molecular flexibility index (Phi) is 4.26. The van der Waals surface area contributed by atoms with Crippen LogP contribution in [0.25, 0.3) is 0 Å². The molecule has 128 valence electrons. The van der Waals surface area contributed by atoms with Crippen LogP contribution in [0.3, 0.4) is 0 Å². The average molecular weight is 329 g/mol. The van der Waals surface area contributed by atoms with Crippen molar-refractivity contribution in [1.29, 1.82) is 0 Å². The second kappa shape index (κ2) is 6.22. The van der Waals surface area contributed by atoms with E-state index in [1.54, 1.807) is 24.3 Å². The smallest absolute Gasteiger partial charge is 0.248 e. The molecule has 0 bridgehead atoms. The summed E-state index contributed by atoms with van der Waals surface area (Å²) in [5, 5.41) is 7.14. The molecule has 7 nitrogen and oxygen atoms in total. The summed E-state index contributed by atoms with van der Waals surface area (Å²) in [5.74, 6) is 1.18. The first-order valence-corrected chi connectivity index (χ1v) is 8.13. The Morgan fingerprint density at radius 3 is 2.75 bits per heavy atom. The number of hydrogen-bond donors (Lipinski definition) is 1. The minimum absolute atomic E-state index is 0.00203. The monoisotopic (exact) mass is 329 g/mol. The number of anilines is 1. The van der Waals surface area contributed by atoms with E-state index in [0.717, 1.165) is 41.8 Å². The van der Waals surface area contributed by atoms with E-state index < -0.39 is 0 Å². The number of carbonyl (C=O) groups is 1. The van der Waals surface area contributed by atoms with E-state index in [1.165, 1.54) is 0 Å². The fraction of sp³-hybridized carbons (Fsp3) is 0.529. The molecule has 0 spiro atoms. The third kappa shape index (κ3) is 2.98. The molecular weight excluding hydrogens is 306 g/mol. The highest BCUT2D eigenvalue weighted by molar-refractivity contribution is 5.94. The number of aryl methyl sites for hydroxylation is 1. The maximum atomic E-state index is 12.2. The van der Waals surface area contributed by atoms with Crippen molar-refractivity contribution in [2.24, 2.45) is 5.41 Å². The van der Waals surface area contributed by atoms with Crippen LogP contribution in [-0.2, 0) is 11.3 Å². The van der Waals surface area contributed by atoms with Crippen molar-refractivity contribution in [1.82, 2.24) is 19.7 Å². The number of pyridine rings is 1. The lowest BCUT2D eigenvalue weighted by molar-refractivity contribution is -0.128. The van der Waals surface area contributed by atoms with E-state index in [0.29, 0.717) is 12.5 Å². The number of aromatic nitrogens is 4. The van der Waals surface area contributed by atoms with Crippen molar-refractivity contribution >= 4 is 11.9 Å². The van der Waals surface area contributed by atoms with E-state index in [-0.39, 0.29) is 11.3 Å². The number of methoxy groups -OCH3 is 1. The highest BCUT2D eigenvalue weighted by Gasteiger charge is 2.39. The van der Waals surface area contributed by atoms with Gasteiger partial charge >= 0.3 is 0 Å². The number of amides is 1. The summed E-state index contributed by atoms with van der Waals surface area (Å²) < 4.78 is 7.10. The maximum absolute atomic E-state index is 12.2. The molecule has 0 radical (unpaired) electrons. The summed E-state index contributed by atoms with van der Waals surface area (Å²) in [6, 6.07) is 0. The molecule has 1 saturated carbocycles. The van der Waals surface area contributed by atoms with Gasteiger partial charge in [0.1, 0.15) is 12.1 Å². The fourth-order valence-corrected chi connectivity index (χ4v) is 3.00. The van der Waals surface area contributed by atoms with E-state index in [4.69, 9.17) is 4.74 Å². The number of nitrogens with one attached hydrogen (secondary N) is 1. The molecule has 1 fully saturated rings. The highest BCUT2D eigenvalue weighted by atomic mass is 16.5. The normalized spacial score (nSPS) is 15.7. The van der Waals surface area contributed by atoms with Gasteiger partial charge in [-0.05, 0) is 26.7 Å². The number of carbonyl (C=O) groups excluding carboxylic acids is 1. The predicted octanol–water partition coefficient (Wildman–Crippen LogP) is 2.48. The molecule has 0 unspecified atom stereocenters. The third-order valence-corrected chi connectivity index (χ3v) is 4.83. The average Bonchev–Trinajstić information content (AvgIpc) is 2.95. The number of rotatable bonds is 5. The Balaban J connectivity index is 1.71. The maximum Gasteiger partial charge on any atom is 0.248 e. The third-order valence-electron chi connectivity index (χ3n) is 4.83. The number of nitrogens with zero attached hydrogens (tertiary/aromatic N) is 4. The first-order valence-electron chi connectivity index (χ1n) is 8.13.